The summed E-state index contributed by atoms with van der Waals surface area (Å²) in [5.41, 5.74) is 1.17. The van der Waals surface area contributed by atoms with Crippen molar-refractivity contribution in [2.24, 2.45) is 10.9 Å². The van der Waals surface area contributed by atoms with E-state index < -0.39 is 0 Å². The van der Waals surface area contributed by atoms with E-state index in [2.05, 4.69) is 28.6 Å². The van der Waals surface area contributed by atoms with Crippen molar-refractivity contribution in [1.29, 1.82) is 0 Å². The molecule has 0 amide bonds. The van der Waals surface area contributed by atoms with E-state index in [0.717, 1.165) is 37.2 Å². The lowest BCUT2D eigenvalue weighted by Crippen LogP contribution is -2.39. The maximum absolute atomic E-state index is 5.98. The number of guanidine groups is 1. The summed E-state index contributed by atoms with van der Waals surface area (Å²) in [6, 6.07) is 8.06. The summed E-state index contributed by atoms with van der Waals surface area (Å²) >= 11 is 0. The lowest BCUT2D eigenvalue weighted by Gasteiger charge is -2.24. The molecule has 1 aliphatic rings. The molecule has 1 aromatic carbocycles. The van der Waals surface area contributed by atoms with Crippen molar-refractivity contribution < 1.29 is 9.47 Å². The molecule has 1 aromatic rings. The Bertz CT molecular complexity index is 534. The number of ether oxygens (including phenoxy) is 2. The number of hydrogen-bond donors (Lipinski definition) is 2. The summed E-state index contributed by atoms with van der Waals surface area (Å²) in [4.78, 5) is 4.31. The van der Waals surface area contributed by atoms with Crippen LogP contribution < -0.4 is 15.4 Å². The Morgan fingerprint density at radius 2 is 2.04 bits per heavy atom. The molecule has 0 spiro atoms. The third kappa shape index (κ3) is 7.70. The van der Waals surface area contributed by atoms with E-state index in [-0.39, 0.29) is 24.0 Å². The molecule has 1 unspecified atom stereocenters. The van der Waals surface area contributed by atoms with Gasteiger partial charge < -0.3 is 20.1 Å². The average molecular weight is 475 g/mol. The molecule has 148 valence electrons. The van der Waals surface area contributed by atoms with Gasteiger partial charge in [-0.25, -0.2) is 0 Å². The molecule has 5 nitrogen and oxygen atoms in total. The van der Waals surface area contributed by atoms with Crippen LogP contribution in [0, 0.1) is 5.92 Å². The summed E-state index contributed by atoms with van der Waals surface area (Å²) in [5, 5.41) is 6.76. The molecule has 1 atom stereocenters. The van der Waals surface area contributed by atoms with Crippen LogP contribution in [0.4, 0.5) is 0 Å². The zero-order valence-electron chi connectivity index (χ0n) is 16.3. The number of nitrogens with zero attached hydrogens (tertiary/aromatic N) is 1. The first-order valence-electron chi connectivity index (χ1n) is 9.45. The van der Waals surface area contributed by atoms with Gasteiger partial charge in [0.1, 0.15) is 5.75 Å². The van der Waals surface area contributed by atoms with Crippen LogP contribution in [0.3, 0.4) is 0 Å². The summed E-state index contributed by atoms with van der Waals surface area (Å²) in [6.45, 7) is 4.47. The molecule has 1 saturated carbocycles. The number of aliphatic imine (C=N–C) groups is 1. The average Bonchev–Trinajstić information content (AvgIpc) is 3.18. The summed E-state index contributed by atoms with van der Waals surface area (Å²) in [6.07, 6.45) is 6.73. The van der Waals surface area contributed by atoms with E-state index in [1.807, 2.05) is 18.2 Å². The van der Waals surface area contributed by atoms with Gasteiger partial charge in [0.15, 0.2) is 5.96 Å². The highest BCUT2D eigenvalue weighted by atomic mass is 127. The lowest BCUT2D eigenvalue weighted by molar-refractivity contribution is 0.0169. The summed E-state index contributed by atoms with van der Waals surface area (Å²) in [5.74, 6) is 2.43. The van der Waals surface area contributed by atoms with Crippen LogP contribution in [0.5, 0.6) is 5.75 Å². The molecule has 2 N–H and O–H groups in total. The van der Waals surface area contributed by atoms with Gasteiger partial charge in [0.25, 0.3) is 0 Å². The molecule has 1 aliphatic carbocycles. The quantitative estimate of drug-likeness (QED) is 0.323. The third-order valence-electron chi connectivity index (χ3n) is 4.85. The van der Waals surface area contributed by atoms with Crippen LogP contribution in [-0.4, -0.2) is 39.4 Å². The van der Waals surface area contributed by atoms with E-state index in [1.165, 1.54) is 31.2 Å². The highest BCUT2D eigenvalue weighted by molar-refractivity contribution is 14.0. The van der Waals surface area contributed by atoms with Gasteiger partial charge in [0.2, 0.25) is 0 Å². The number of rotatable bonds is 9. The van der Waals surface area contributed by atoms with Crippen molar-refractivity contribution in [3.63, 3.8) is 0 Å². The van der Waals surface area contributed by atoms with Gasteiger partial charge in [-0.05, 0) is 49.8 Å². The smallest absolute Gasteiger partial charge is 0.191 e. The summed E-state index contributed by atoms with van der Waals surface area (Å²) < 4.78 is 11.2. The Hall–Kier alpha value is -1.02. The van der Waals surface area contributed by atoms with Crippen molar-refractivity contribution in [3.05, 3.63) is 29.8 Å². The fraction of sp³-hybridized carbons (Fsp3) is 0.650. The van der Waals surface area contributed by atoms with E-state index in [1.54, 1.807) is 14.2 Å². The van der Waals surface area contributed by atoms with Gasteiger partial charge in [-0.1, -0.05) is 25.0 Å². The van der Waals surface area contributed by atoms with E-state index >= 15 is 0 Å². The number of hydrogen-bond acceptors (Lipinski definition) is 3. The van der Waals surface area contributed by atoms with E-state index in [4.69, 9.17) is 9.47 Å². The van der Waals surface area contributed by atoms with Crippen molar-refractivity contribution in [2.75, 3.05) is 27.3 Å². The molecule has 1 fully saturated rings. The zero-order valence-corrected chi connectivity index (χ0v) is 18.6. The molecule has 0 saturated heterocycles. The minimum atomic E-state index is 0. The van der Waals surface area contributed by atoms with Crippen molar-refractivity contribution >= 4 is 29.9 Å². The zero-order chi connectivity index (χ0) is 17.9. The first-order chi connectivity index (χ1) is 12.3. The van der Waals surface area contributed by atoms with Crippen LogP contribution in [-0.2, 0) is 11.3 Å². The fourth-order valence-electron chi connectivity index (χ4n) is 3.52. The highest BCUT2D eigenvalue weighted by Gasteiger charge is 2.25. The first kappa shape index (κ1) is 23.0. The van der Waals surface area contributed by atoms with Gasteiger partial charge >= 0.3 is 0 Å². The molecule has 6 heteroatoms. The Balaban J connectivity index is 0.00000338. The SMILES string of the molecule is CCOC(CCNC(=NC)NCc1cccc(OC)c1)C1CCCC1.I. The fourth-order valence-corrected chi connectivity index (χ4v) is 3.52. The molecule has 2 rings (SSSR count). The standard InChI is InChI=1S/C20H33N3O2.HI/c1-4-25-19(17-9-5-6-10-17)12-13-22-20(21-2)23-15-16-8-7-11-18(14-16)24-3;/h7-8,11,14,17,19H,4-6,9-10,12-13,15H2,1-3H3,(H2,21,22,23);1H. The van der Waals surface area contributed by atoms with Gasteiger partial charge in [0.05, 0.1) is 13.2 Å². The number of methoxy groups -OCH3 is 1. The highest BCUT2D eigenvalue weighted by Crippen LogP contribution is 2.30. The Morgan fingerprint density at radius 1 is 1.27 bits per heavy atom. The van der Waals surface area contributed by atoms with Crippen LogP contribution >= 0.6 is 24.0 Å². The lowest BCUT2D eigenvalue weighted by atomic mass is 9.98. The van der Waals surface area contributed by atoms with Crippen LogP contribution in [0.15, 0.2) is 29.3 Å². The molecule has 0 bridgehead atoms. The van der Waals surface area contributed by atoms with Crippen molar-refractivity contribution in [2.45, 2.75) is 51.7 Å². The first-order valence-corrected chi connectivity index (χ1v) is 9.45. The molecular formula is C20H34IN3O2. The van der Waals surface area contributed by atoms with Crippen LogP contribution in [0.2, 0.25) is 0 Å². The number of halogens is 1. The van der Waals surface area contributed by atoms with Gasteiger partial charge in [-0.2, -0.15) is 0 Å². The minimum absolute atomic E-state index is 0. The second-order valence-electron chi connectivity index (χ2n) is 6.53. The number of nitrogens with one attached hydrogen (secondary N) is 2. The largest absolute Gasteiger partial charge is 0.497 e. The van der Waals surface area contributed by atoms with Crippen molar-refractivity contribution in [1.82, 2.24) is 10.6 Å². The predicted octanol–water partition coefficient (Wildman–Crippen LogP) is 3.96. The van der Waals surface area contributed by atoms with E-state index in [9.17, 15) is 0 Å². The summed E-state index contributed by atoms with van der Waals surface area (Å²) in [7, 11) is 3.49. The Morgan fingerprint density at radius 3 is 2.69 bits per heavy atom. The maximum atomic E-state index is 5.98. The predicted molar refractivity (Wildman–Crippen MR) is 119 cm³/mol. The van der Waals surface area contributed by atoms with Gasteiger partial charge in [-0.15, -0.1) is 24.0 Å². The van der Waals surface area contributed by atoms with E-state index in [0.29, 0.717) is 12.6 Å². The van der Waals surface area contributed by atoms with Crippen LogP contribution in [0.25, 0.3) is 0 Å². The molecule has 0 heterocycles. The Kier molecular flexibility index (Phi) is 11.7. The third-order valence-corrected chi connectivity index (χ3v) is 4.85. The second-order valence-corrected chi connectivity index (χ2v) is 6.53. The normalized spacial score (nSPS) is 16.0. The maximum Gasteiger partial charge on any atom is 0.191 e. The monoisotopic (exact) mass is 475 g/mol. The van der Waals surface area contributed by atoms with Gasteiger partial charge in [0, 0.05) is 26.7 Å². The minimum Gasteiger partial charge on any atom is -0.497 e. The van der Waals surface area contributed by atoms with Gasteiger partial charge in [-0.3, -0.25) is 4.99 Å². The topological polar surface area (TPSA) is 54.9 Å². The Labute approximate surface area is 175 Å². The molecule has 0 aliphatic heterocycles. The van der Waals surface area contributed by atoms with Crippen LogP contribution in [0.1, 0.15) is 44.6 Å². The molecule has 0 aromatic heterocycles. The number of benzene rings is 1. The van der Waals surface area contributed by atoms with Crippen molar-refractivity contribution in [3.8, 4) is 5.75 Å². The molecule has 26 heavy (non-hydrogen) atoms. The molecule has 0 radical (unpaired) electrons. The molecular weight excluding hydrogens is 441 g/mol. The second kappa shape index (κ2) is 13.2.